The first-order chi connectivity index (χ1) is 4.05. The molecule has 0 aromatic carbocycles. The van der Waals surface area contributed by atoms with Gasteiger partial charge in [0.2, 0.25) is 0 Å². The fraction of sp³-hybridized carbons (Fsp3) is 1.00. The van der Waals surface area contributed by atoms with Crippen molar-refractivity contribution in [3.63, 3.8) is 0 Å². The second-order valence-electron chi connectivity index (χ2n) is 3.34. The second-order valence-corrected chi connectivity index (χ2v) is 7.85. The van der Waals surface area contributed by atoms with Crippen LogP contribution in [0.5, 0.6) is 0 Å². The SMILES string of the molecule is CN1CCN(C)[Si]1(C)C. The Morgan fingerprint density at radius 1 is 1.00 bits per heavy atom. The Bertz CT molecular complexity index is 102. The lowest BCUT2D eigenvalue weighted by molar-refractivity contribution is 0.553. The number of nitrogens with zero attached hydrogens (tertiary/aromatic N) is 2. The van der Waals surface area contributed by atoms with Crippen LogP contribution in [0, 0.1) is 0 Å². The highest BCUT2D eigenvalue weighted by Crippen LogP contribution is 2.16. The monoisotopic (exact) mass is 144 g/mol. The maximum Gasteiger partial charge on any atom is 0.200 e. The highest BCUT2D eigenvalue weighted by atomic mass is 28.3. The third-order valence-corrected chi connectivity index (χ3v) is 6.82. The molecule has 0 spiro atoms. The van der Waals surface area contributed by atoms with E-state index in [1.54, 1.807) is 0 Å². The van der Waals surface area contributed by atoms with E-state index in [0.29, 0.717) is 0 Å². The van der Waals surface area contributed by atoms with Crippen LogP contribution in [0.25, 0.3) is 0 Å². The largest absolute Gasteiger partial charge is 0.313 e. The standard InChI is InChI=1S/C6H16N2Si/c1-7-5-6-8(2)9(7,3)4/h5-6H2,1-4H3. The highest BCUT2D eigenvalue weighted by molar-refractivity contribution is 6.72. The summed E-state index contributed by atoms with van der Waals surface area (Å²) in [5.41, 5.74) is 0. The lowest BCUT2D eigenvalue weighted by atomic mass is 10.6. The Morgan fingerprint density at radius 2 is 1.33 bits per heavy atom. The van der Waals surface area contributed by atoms with Crippen molar-refractivity contribution in [3.8, 4) is 0 Å². The molecule has 3 heteroatoms. The molecule has 0 amide bonds. The zero-order valence-electron chi connectivity index (χ0n) is 6.81. The second kappa shape index (κ2) is 2.07. The van der Waals surface area contributed by atoms with E-state index < -0.39 is 8.40 Å². The fourth-order valence-electron chi connectivity index (χ4n) is 1.14. The van der Waals surface area contributed by atoms with Gasteiger partial charge in [0.1, 0.15) is 0 Å². The summed E-state index contributed by atoms with van der Waals surface area (Å²) in [6.45, 7) is 7.30. The molecule has 1 aliphatic rings. The van der Waals surface area contributed by atoms with Gasteiger partial charge in [-0.15, -0.1) is 0 Å². The van der Waals surface area contributed by atoms with Gasteiger partial charge < -0.3 is 9.13 Å². The van der Waals surface area contributed by atoms with E-state index in [1.807, 2.05) is 0 Å². The Kier molecular flexibility index (Phi) is 1.67. The summed E-state index contributed by atoms with van der Waals surface area (Å²) in [6.07, 6.45) is 0. The van der Waals surface area contributed by atoms with Gasteiger partial charge in [-0.05, 0) is 27.2 Å². The van der Waals surface area contributed by atoms with Crippen molar-refractivity contribution in [1.82, 2.24) is 9.13 Å². The van der Waals surface area contributed by atoms with Crippen molar-refractivity contribution < 1.29 is 0 Å². The molecule has 0 aliphatic carbocycles. The Morgan fingerprint density at radius 3 is 1.44 bits per heavy atom. The average molecular weight is 144 g/mol. The van der Waals surface area contributed by atoms with Crippen molar-refractivity contribution in [3.05, 3.63) is 0 Å². The summed E-state index contributed by atoms with van der Waals surface area (Å²) in [5.74, 6) is 0. The third kappa shape index (κ3) is 1.04. The average Bonchev–Trinajstić information content (AvgIpc) is 1.96. The predicted octanol–water partition coefficient (Wildman–Crippen LogP) is 0.565. The van der Waals surface area contributed by atoms with Crippen molar-refractivity contribution in [2.45, 2.75) is 13.1 Å². The van der Waals surface area contributed by atoms with E-state index in [-0.39, 0.29) is 0 Å². The number of hydrogen-bond acceptors (Lipinski definition) is 2. The molecule has 9 heavy (non-hydrogen) atoms. The first-order valence-electron chi connectivity index (χ1n) is 3.47. The summed E-state index contributed by atoms with van der Waals surface area (Å²) >= 11 is 0. The molecule has 0 aromatic rings. The van der Waals surface area contributed by atoms with Crippen molar-refractivity contribution in [1.29, 1.82) is 0 Å². The van der Waals surface area contributed by atoms with E-state index >= 15 is 0 Å². The molecular weight excluding hydrogens is 128 g/mol. The minimum atomic E-state index is -1.08. The van der Waals surface area contributed by atoms with Gasteiger partial charge in [0.05, 0.1) is 0 Å². The number of rotatable bonds is 0. The topological polar surface area (TPSA) is 6.48 Å². The van der Waals surface area contributed by atoms with E-state index in [2.05, 4.69) is 36.3 Å². The van der Waals surface area contributed by atoms with Crippen LogP contribution in [0.1, 0.15) is 0 Å². The van der Waals surface area contributed by atoms with Gasteiger partial charge in [-0.2, -0.15) is 0 Å². The first-order valence-corrected chi connectivity index (χ1v) is 6.37. The summed E-state index contributed by atoms with van der Waals surface area (Å²) in [4.78, 5) is 0. The van der Waals surface area contributed by atoms with Crippen molar-refractivity contribution in [2.75, 3.05) is 27.2 Å². The summed E-state index contributed by atoms with van der Waals surface area (Å²) in [5, 5.41) is 0. The molecule has 1 saturated heterocycles. The van der Waals surface area contributed by atoms with E-state index in [0.717, 1.165) is 0 Å². The minimum absolute atomic E-state index is 1.08. The maximum absolute atomic E-state index is 2.51. The molecule has 0 aromatic heterocycles. The molecule has 0 unspecified atom stereocenters. The molecule has 0 atom stereocenters. The zero-order valence-corrected chi connectivity index (χ0v) is 7.81. The molecule has 54 valence electrons. The van der Waals surface area contributed by atoms with Gasteiger partial charge in [-0.3, -0.25) is 0 Å². The van der Waals surface area contributed by atoms with Gasteiger partial charge in [0.15, 0.2) is 8.40 Å². The fourth-order valence-corrected chi connectivity index (χ4v) is 3.02. The van der Waals surface area contributed by atoms with Crippen LogP contribution in [-0.4, -0.2) is 44.7 Å². The van der Waals surface area contributed by atoms with Crippen LogP contribution in [-0.2, 0) is 0 Å². The summed E-state index contributed by atoms with van der Waals surface area (Å²) < 4.78 is 5.01. The molecule has 1 aliphatic heterocycles. The van der Waals surface area contributed by atoms with Crippen LogP contribution in [0.3, 0.4) is 0 Å². The molecular formula is C6H16N2Si. The van der Waals surface area contributed by atoms with Crippen molar-refractivity contribution >= 4 is 8.40 Å². The molecule has 1 fully saturated rings. The Labute approximate surface area is 58.6 Å². The quantitative estimate of drug-likeness (QED) is 0.459. The lowest BCUT2D eigenvalue weighted by Gasteiger charge is -2.30. The highest BCUT2D eigenvalue weighted by Gasteiger charge is 2.36. The smallest absolute Gasteiger partial charge is 0.200 e. The number of hydrogen-bond donors (Lipinski definition) is 0. The summed E-state index contributed by atoms with van der Waals surface area (Å²) in [6, 6.07) is 0. The molecule has 0 bridgehead atoms. The molecule has 0 saturated carbocycles. The van der Waals surface area contributed by atoms with Gasteiger partial charge in [0.25, 0.3) is 0 Å². The van der Waals surface area contributed by atoms with Crippen LogP contribution < -0.4 is 0 Å². The van der Waals surface area contributed by atoms with E-state index in [9.17, 15) is 0 Å². The van der Waals surface area contributed by atoms with Crippen LogP contribution in [0.4, 0.5) is 0 Å². The molecule has 0 N–H and O–H groups in total. The first kappa shape index (κ1) is 7.25. The molecule has 1 rings (SSSR count). The van der Waals surface area contributed by atoms with Crippen LogP contribution >= 0.6 is 0 Å². The van der Waals surface area contributed by atoms with E-state index in [4.69, 9.17) is 0 Å². The van der Waals surface area contributed by atoms with Crippen LogP contribution in [0.15, 0.2) is 0 Å². The Hall–Kier alpha value is 0.137. The Balaban J connectivity index is 2.66. The lowest BCUT2D eigenvalue weighted by Crippen LogP contribution is -2.50. The van der Waals surface area contributed by atoms with E-state index in [1.165, 1.54) is 13.1 Å². The van der Waals surface area contributed by atoms with Gasteiger partial charge >= 0.3 is 0 Å². The number of likely N-dealkylation sites (N-methyl/N-ethyl adjacent to an activating group) is 2. The molecule has 2 nitrogen and oxygen atoms in total. The third-order valence-electron chi connectivity index (χ3n) is 2.64. The minimum Gasteiger partial charge on any atom is -0.313 e. The predicted molar refractivity (Wildman–Crippen MR) is 42.7 cm³/mol. The van der Waals surface area contributed by atoms with Gasteiger partial charge in [-0.25, -0.2) is 0 Å². The normalized spacial score (nSPS) is 29.3. The van der Waals surface area contributed by atoms with Crippen LogP contribution in [0.2, 0.25) is 13.1 Å². The molecule has 0 radical (unpaired) electrons. The summed E-state index contributed by atoms with van der Waals surface area (Å²) in [7, 11) is 3.38. The van der Waals surface area contributed by atoms with Crippen molar-refractivity contribution in [2.24, 2.45) is 0 Å². The van der Waals surface area contributed by atoms with Gasteiger partial charge in [-0.1, -0.05) is 0 Å². The van der Waals surface area contributed by atoms with Gasteiger partial charge in [0, 0.05) is 13.1 Å². The maximum atomic E-state index is 2.51. The zero-order chi connectivity index (χ0) is 7.07. The molecule has 1 heterocycles.